The number of hydrogen-bond acceptors (Lipinski definition) is 4. The quantitative estimate of drug-likeness (QED) is 0.313. The number of nitrogens with zero attached hydrogens (tertiary/aromatic N) is 1. The molecule has 0 aliphatic rings. The van der Waals surface area contributed by atoms with Crippen molar-refractivity contribution in [1.29, 1.82) is 0 Å². The van der Waals surface area contributed by atoms with E-state index in [2.05, 4.69) is 15.9 Å². The number of Topliss-reactive ketones (excluding diaryl/α,β-unsaturated/α-hetero) is 1. The number of carbonyl (C=O) groups is 1. The highest BCUT2D eigenvalue weighted by Gasteiger charge is 2.18. The molecule has 0 aromatic heterocycles. The van der Waals surface area contributed by atoms with E-state index < -0.39 is 4.92 Å². The first-order chi connectivity index (χ1) is 11.1. The van der Waals surface area contributed by atoms with Crippen LogP contribution in [0.15, 0.2) is 48.5 Å². The fraction of sp³-hybridized carbons (Fsp3) is 0.235. The van der Waals surface area contributed by atoms with Crippen LogP contribution in [0, 0.1) is 10.1 Å². The van der Waals surface area contributed by atoms with Crippen molar-refractivity contribution in [3.63, 3.8) is 0 Å². The summed E-state index contributed by atoms with van der Waals surface area (Å²) in [6, 6.07) is 13.6. The zero-order valence-corrected chi connectivity index (χ0v) is 14.6. The van der Waals surface area contributed by atoms with Gasteiger partial charge < -0.3 is 4.74 Å². The van der Waals surface area contributed by atoms with E-state index in [4.69, 9.17) is 4.74 Å². The van der Waals surface area contributed by atoms with Crippen LogP contribution in [0.2, 0.25) is 0 Å². The lowest BCUT2D eigenvalue weighted by atomic mass is 10.1. The molecule has 0 saturated carbocycles. The van der Waals surface area contributed by atoms with Gasteiger partial charge in [-0.2, -0.15) is 0 Å². The number of halogens is 1. The molecule has 6 heteroatoms. The number of rotatable bonds is 6. The molecule has 2 aromatic rings. The molecule has 0 aliphatic heterocycles. The van der Waals surface area contributed by atoms with E-state index in [1.165, 1.54) is 18.2 Å². The fourth-order valence-corrected chi connectivity index (χ4v) is 2.09. The van der Waals surface area contributed by atoms with Gasteiger partial charge in [0.1, 0.15) is 6.61 Å². The van der Waals surface area contributed by atoms with Crippen molar-refractivity contribution in [1.82, 2.24) is 0 Å². The topological polar surface area (TPSA) is 69.4 Å². The smallest absolute Gasteiger partial charge is 0.311 e. The van der Waals surface area contributed by atoms with Gasteiger partial charge in [0.25, 0.3) is 0 Å². The van der Waals surface area contributed by atoms with Gasteiger partial charge in [-0.25, -0.2) is 0 Å². The zero-order chi connectivity index (χ0) is 17.2. The summed E-state index contributed by atoms with van der Waals surface area (Å²) in [6.45, 7) is 4.23. The molecule has 23 heavy (non-hydrogen) atoms. The molecular formula is C17H18BrNO4. The molecule has 0 N–H and O–H groups in total. The first-order valence-electron chi connectivity index (χ1n) is 7.16. The molecule has 0 saturated heterocycles. The van der Waals surface area contributed by atoms with Gasteiger partial charge in [0, 0.05) is 11.6 Å². The molecular weight excluding hydrogens is 362 g/mol. The maximum Gasteiger partial charge on any atom is 0.311 e. The molecule has 0 amide bonds. The highest BCUT2D eigenvalue weighted by Crippen LogP contribution is 2.29. The number of ether oxygens (including phenoxy) is 1. The lowest BCUT2D eigenvalue weighted by Gasteiger charge is -2.08. The predicted molar refractivity (Wildman–Crippen MR) is 93.3 cm³/mol. The summed E-state index contributed by atoms with van der Waals surface area (Å²) in [6.07, 6.45) is 0. The van der Waals surface area contributed by atoms with Gasteiger partial charge in [-0.05, 0) is 17.7 Å². The minimum atomic E-state index is -0.550. The molecule has 0 atom stereocenters. The predicted octanol–water partition coefficient (Wildman–Crippen LogP) is 4.78. The van der Waals surface area contributed by atoms with Gasteiger partial charge >= 0.3 is 5.69 Å². The van der Waals surface area contributed by atoms with Crippen molar-refractivity contribution in [3.8, 4) is 5.75 Å². The summed E-state index contributed by atoms with van der Waals surface area (Å²) in [5.74, 6) is -0.0670. The average Bonchev–Trinajstić information content (AvgIpc) is 2.61. The standard InChI is InChI=1S/C15H12BrNO4.C2H6/c16-9-14(18)12-6-7-15(13(8-12)17(19)20)21-10-11-4-2-1-3-5-11;1-2/h1-8H,9-10H2;1-2H3. The van der Waals surface area contributed by atoms with Gasteiger partial charge in [0.05, 0.1) is 10.3 Å². The van der Waals surface area contributed by atoms with Gasteiger partial charge in [-0.15, -0.1) is 0 Å². The number of ketones is 1. The third-order valence-corrected chi connectivity index (χ3v) is 3.35. The van der Waals surface area contributed by atoms with E-state index in [1.54, 1.807) is 0 Å². The lowest BCUT2D eigenvalue weighted by molar-refractivity contribution is -0.386. The van der Waals surface area contributed by atoms with Crippen molar-refractivity contribution >= 4 is 27.4 Å². The molecule has 2 aromatic carbocycles. The first-order valence-corrected chi connectivity index (χ1v) is 8.28. The highest BCUT2D eigenvalue weighted by molar-refractivity contribution is 9.09. The Kier molecular flexibility index (Phi) is 7.97. The number of nitro benzene ring substituents is 1. The molecule has 0 radical (unpaired) electrons. The Hall–Kier alpha value is -2.21. The number of nitro groups is 1. The lowest BCUT2D eigenvalue weighted by Crippen LogP contribution is -2.03. The second-order valence-corrected chi connectivity index (χ2v) is 4.83. The Morgan fingerprint density at radius 2 is 1.83 bits per heavy atom. The van der Waals surface area contributed by atoms with Gasteiger partial charge in [0.15, 0.2) is 11.5 Å². The Labute approximate surface area is 143 Å². The number of benzene rings is 2. The van der Waals surface area contributed by atoms with E-state index >= 15 is 0 Å². The Morgan fingerprint density at radius 3 is 2.39 bits per heavy atom. The van der Waals surface area contributed by atoms with E-state index in [0.717, 1.165) is 5.56 Å². The van der Waals surface area contributed by atoms with E-state index in [9.17, 15) is 14.9 Å². The van der Waals surface area contributed by atoms with E-state index in [0.29, 0.717) is 0 Å². The van der Waals surface area contributed by atoms with Crippen LogP contribution in [-0.4, -0.2) is 16.0 Å². The second kappa shape index (κ2) is 9.74. The van der Waals surface area contributed by atoms with Crippen molar-refractivity contribution in [2.24, 2.45) is 0 Å². The van der Waals surface area contributed by atoms with Crippen LogP contribution in [0.4, 0.5) is 5.69 Å². The highest BCUT2D eigenvalue weighted by atomic mass is 79.9. The minimum absolute atomic E-state index is 0.119. The van der Waals surface area contributed by atoms with Crippen LogP contribution >= 0.6 is 15.9 Å². The van der Waals surface area contributed by atoms with E-state index in [-0.39, 0.29) is 34.7 Å². The Bertz CT molecular complexity index is 659. The van der Waals surface area contributed by atoms with Crippen molar-refractivity contribution in [2.75, 3.05) is 5.33 Å². The third kappa shape index (κ3) is 5.49. The van der Waals surface area contributed by atoms with Crippen molar-refractivity contribution < 1.29 is 14.5 Å². The summed E-state index contributed by atoms with van der Waals surface area (Å²) in [4.78, 5) is 22.1. The van der Waals surface area contributed by atoms with Gasteiger partial charge in [-0.3, -0.25) is 14.9 Å². The molecule has 0 unspecified atom stereocenters. The molecule has 2 rings (SSSR count). The SMILES string of the molecule is CC.O=C(CBr)c1ccc(OCc2ccccc2)c([N+](=O)[O-])c1. The zero-order valence-electron chi connectivity index (χ0n) is 13.0. The van der Waals surface area contributed by atoms with Gasteiger partial charge in [-0.1, -0.05) is 60.1 Å². The van der Waals surface area contributed by atoms with Crippen LogP contribution in [-0.2, 0) is 6.61 Å². The van der Waals surface area contributed by atoms with Crippen molar-refractivity contribution in [2.45, 2.75) is 20.5 Å². The molecule has 0 heterocycles. The Balaban J connectivity index is 0.00000127. The average molecular weight is 380 g/mol. The Morgan fingerprint density at radius 1 is 1.17 bits per heavy atom. The number of hydrogen-bond donors (Lipinski definition) is 0. The molecule has 0 bridgehead atoms. The summed E-state index contributed by atoms with van der Waals surface area (Å²) in [5.41, 5.74) is 0.982. The minimum Gasteiger partial charge on any atom is -0.482 e. The van der Waals surface area contributed by atoms with Crippen LogP contribution in [0.3, 0.4) is 0 Å². The monoisotopic (exact) mass is 379 g/mol. The normalized spacial score (nSPS) is 9.52. The maximum absolute atomic E-state index is 11.6. The molecule has 0 spiro atoms. The van der Waals surface area contributed by atoms with E-state index in [1.807, 2.05) is 44.2 Å². The molecule has 0 aliphatic carbocycles. The number of alkyl halides is 1. The van der Waals surface area contributed by atoms with Crippen LogP contribution in [0.1, 0.15) is 29.8 Å². The third-order valence-electron chi connectivity index (χ3n) is 2.84. The van der Waals surface area contributed by atoms with Crippen molar-refractivity contribution in [3.05, 3.63) is 69.8 Å². The van der Waals surface area contributed by atoms with Crippen LogP contribution in [0.25, 0.3) is 0 Å². The molecule has 5 nitrogen and oxygen atoms in total. The summed E-state index contributed by atoms with van der Waals surface area (Å²) < 4.78 is 5.49. The largest absolute Gasteiger partial charge is 0.482 e. The molecule has 0 fully saturated rings. The maximum atomic E-state index is 11.6. The first kappa shape index (κ1) is 18.8. The fourth-order valence-electron chi connectivity index (χ4n) is 1.77. The summed E-state index contributed by atoms with van der Waals surface area (Å²) in [5, 5.41) is 11.2. The van der Waals surface area contributed by atoms with Crippen LogP contribution in [0.5, 0.6) is 5.75 Å². The molecule has 122 valence electrons. The summed E-state index contributed by atoms with van der Waals surface area (Å²) in [7, 11) is 0. The number of carbonyl (C=O) groups excluding carboxylic acids is 1. The van der Waals surface area contributed by atoms with Crippen LogP contribution < -0.4 is 4.74 Å². The summed E-state index contributed by atoms with van der Waals surface area (Å²) >= 11 is 3.04. The second-order valence-electron chi connectivity index (χ2n) is 4.27. The van der Waals surface area contributed by atoms with Gasteiger partial charge in [0.2, 0.25) is 0 Å².